The Morgan fingerprint density at radius 1 is 1.17 bits per heavy atom. The Morgan fingerprint density at radius 3 is 2.83 bits per heavy atom. The van der Waals surface area contributed by atoms with Crippen LogP contribution in [0.2, 0.25) is 0 Å². The normalized spacial score (nSPS) is 26.1. The summed E-state index contributed by atoms with van der Waals surface area (Å²) in [6.07, 6.45) is 8.92. The van der Waals surface area contributed by atoms with Gasteiger partial charge in [-0.05, 0) is 44.7 Å². The molecule has 1 N–H and O–H groups in total. The molecule has 42 heavy (non-hydrogen) atoms. The van der Waals surface area contributed by atoms with E-state index >= 15 is 4.39 Å². The highest BCUT2D eigenvalue weighted by atomic mass is 19.1. The summed E-state index contributed by atoms with van der Waals surface area (Å²) in [6.45, 7) is 7.22. The van der Waals surface area contributed by atoms with E-state index < -0.39 is 12.0 Å². The first-order valence-electron chi connectivity index (χ1n) is 14.7. The van der Waals surface area contributed by atoms with E-state index in [1.165, 1.54) is 0 Å². The highest BCUT2D eigenvalue weighted by molar-refractivity contribution is 6.02. The van der Waals surface area contributed by atoms with Gasteiger partial charge in [0.15, 0.2) is 5.82 Å². The number of anilines is 1. The molecular weight excluding hydrogens is 534 g/mol. The topological polar surface area (TPSA) is 66.4 Å². The molecule has 0 amide bonds. The van der Waals surface area contributed by atoms with Gasteiger partial charge >= 0.3 is 6.01 Å². The van der Waals surface area contributed by atoms with Crippen LogP contribution in [0.1, 0.15) is 38.7 Å². The maximum Gasteiger partial charge on any atom is 0.319 e. The van der Waals surface area contributed by atoms with E-state index in [0.717, 1.165) is 36.7 Å². The number of pyridine rings is 1. The lowest BCUT2D eigenvalue weighted by Gasteiger charge is -2.39. The number of nitrogens with one attached hydrogen (secondary N) is 1. The summed E-state index contributed by atoms with van der Waals surface area (Å²) in [5.41, 5.74) is 1.22. The van der Waals surface area contributed by atoms with Crippen LogP contribution < -0.4 is 15.0 Å². The van der Waals surface area contributed by atoms with Gasteiger partial charge in [0, 0.05) is 60.8 Å². The highest BCUT2D eigenvalue weighted by Crippen LogP contribution is 2.41. The largest absolute Gasteiger partial charge is 0.461 e. The van der Waals surface area contributed by atoms with E-state index in [1.807, 2.05) is 36.4 Å². The number of piperazine rings is 1. The minimum atomic E-state index is -0.871. The number of aromatic nitrogens is 3. The molecule has 2 aromatic carbocycles. The predicted octanol–water partition coefficient (Wildman–Crippen LogP) is 5.11. The van der Waals surface area contributed by atoms with Gasteiger partial charge in [0.2, 0.25) is 0 Å². The number of nitrogens with zero attached hydrogens (tertiary/aromatic N) is 5. The quantitative estimate of drug-likeness (QED) is 0.336. The Kier molecular flexibility index (Phi) is 6.71. The van der Waals surface area contributed by atoms with E-state index in [-0.39, 0.29) is 41.5 Å². The van der Waals surface area contributed by atoms with Crippen molar-refractivity contribution in [2.75, 3.05) is 37.7 Å². The third-order valence-electron chi connectivity index (χ3n) is 9.23. The summed E-state index contributed by atoms with van der Waals surface area (Å²) < 4.78 is 37.4. The summed E-state index contributed by atoms with van der Waals surface area (Å²) in [6, 6.07) is 11.8. The number of ether oxygens (including phenoxy) is 1. The fourth-order valence-corrected chi connectivity index (χ4v) is 7.12. The Bertz CT molecular complexity index is 1720. The minimum absolute atomic E-state index is 0.0951. The third kappa shape index (κ3) is 4.45. The number of halogens is 2. The van der Waals surface area contributed by atoms with Crippen LogP contribution in [0.4, 0.5) is 14.6 Å². The third-order valence-corrected chi connectivity index (χ3v) is 9.23. The zero-order valence-corrected chi connectivity index (χ0v) is 23.9. The van der Waals surface area contributed by atoms with Gasteiger partial charge in [-0.25, -0.2) is 8.78 Å². The van der Waals surface area contributed by atoms with Crippen LogP contribution in [-0.2, 0) is 0 Å². The lowest BCUT2D eigenvalue weighted by atomic mass is 9.95. The van der Waals surface area contributed by atoms with Crippen molar-refractivity contribution in [2.45, 2.75) is 56.9 Å². The average Bonchev–Trinajstić information content (AvgIpc) is 3.52. The molecule has 2 aromatic heterocycles. The van der Waals surface area contributed by atoms with Gasteiger partial charge in [0.25, 0.3) is 0 Å². The van der Waals surface area contributed by atoms with Crippen molar-refractivity contribution in [3.63, 3.8) is 0 Å². The summed E-state index contributed by atoms with van der Waals surface area (Å²) >= 11 is 0. The number of terminal acetylenes is 1. The van der Waals surface area contributed by atoms with Crippen LogP contribution in [0.25, 0.3) is 32.9 Å². The molecule has 3 aliphatic rings. The molecular formula is C33H34F2N6O. The van der Waals surface area contributed by atoms with Gasteiger partial charge in [0.05, 0.1) is 10.9 Å². The first-order valence-corrected chi connectivity index (χ1v) is 14.7. The van der Waals surface area contributed by atoms with Crippen molar-refractivity contribution in [2.24, 2.45) is 0 Å². The SMILES string of the molecule is C#Cc1cccc2cccc(-c3ncc4c(N5C[C@@H](C)NC[C@@H]5C)nc(OC[C@@]56CCCN5C[C@H](F)C6)nc4c3F)c12. The maximum atomic E-state index is 16.7. The highest BCUT2D eigenvalue weighted by Gasteiger charge is 2.49. The number of hydrogen-bond acceptors (Lipinski definition) is 7. The minimum Gasteiger partial charge on any atom is -0.461 e. The van der Waals surface area contributed by atoms with Gasteiger partial charge < -0.3 is 15.0 Å². The lowest BCUT2D eigenvalue weighted by molar-refractivity contribution is 0.107. The number of hydrogen-bond donors (Lipinski definition) is 1. The summed E-state index contributed by atoms with van der Waals surface area (Å²) in [7, 11) is 0. The average molecular weight is 569 g/mol. The number of rotatable bonds is 5. The summed E-state index contributed by atoms with van der Waals surface area (Å²) in [5.74, 6) is 2.77. The molecule has 0 saturated carbocycles. The second-order valence-electron chi connectivity index (χ2n) is 12.0. The molecule has 0 aliphatic carbocycles. The molecule has 3 aliphatic heterocycles. The van der Waals surface area contributed by atoms with E-state index in [9.17, 15) is 4.39 Å². The Labute approximate surface area is 244 Å². The standard InChI is InChI=1S/C33H34F2N6O/c1-4-22-8-5-9-23-10-6-11-25(27(22)23)29-28(35)30-26(16-37-29)31(41-17-20(2)36-15-21(41)3)39-32(38-30)42-19-33-12-7-13-40(33)18-24(34)14-33/h1,5-6,8-11,16,20-21,24,36H,7,12-15,17-19H2,2-3H3/t20-,21+,24-,33+/m1/s1. The lowest BCUT2D eigenvalue weighted by Crippen LogP contribution is -2.54. The second-order valence-corrected chi connectivity index (χ2v) is 12.0. The van der Waals surface area contributed by atoms with E-state index in [1.54, 1.807) is 6.20 Å². The summed E-state index contributed by atoms with van der Waals surface area (Å²) in [4.78, 5) is 18.5. The number of benzene rings is 2. The fraction of sp³-hybridized carbons (Fsp3) is 0.424. The molecule has 3 saturated heterocycles. The maximum absolute atomic E-state index is 16.7. The number of fused-ring (bicyclic) bond motifs is 3. The van der Waals surface area contributed by atoms with Gasteiger partial charge in [-0.1, -0.05) is 36.3 Å². The Balaban J connectivity index is 1.37. The van der Waals surface area contributed by atoms with Gasteiger partial charge in [-0.3, -0.25) is 9.88 Å². The molecule has 0 unspecified atom stereocenters. The zero-order chi connectivity index (χ0) is 29.0. The van der Waals surface area contributed by atoms with Crippen molar-refractivity contribution in [3.05, 3.63) is 54.0 Å². The molecule has 7 rings (SSSR count). The molecule has 7 nitrogen and oxygen atoms in total. The predicted molar refractivity (Wildman–Crippen MR) is 161 cm³/mol. The van der Waals surface area contributed by atoms with Crippen molar-refractivity contribution >= 4 is 27.5 Å². The molecule has 5 heterocycles. The van der Waals surface area contributed by atoms with Crippen LogP contribution in [0.3, 0.4) is 0 Å². The van der Waals surface area contributed by atoms with Crippen molar-refractivity contribution in [3.8, 4) is 29.6 Å². The van der Waals surface area contributed by atoms with E-state index in [0.29, 0.717) is 41.8 Å². The Morgan fingerprint density at radius 2 is 2.00 bits per heavy atom. The van der Waals surface area contributed by atoms with Gasteiger partial charge in [-0.2, -0.15) is 9.97 Å². The van der Waals surface area contributed by atoms with Crippen LogP contribution >= 0.6 is 0 Å². The zero-order valence-electron chi connectivity index (χ0n) is 23.9. The molecule has 0 radical (unpaired) electrons. The van der Waals surface area contributed by atoms with E-state index in [4.69, 9.17) is 16.1 Å². The van der Waals surface area contributed by atoms with Crippen molar-refractivity contribution in [1.82, 2.24) is 25.2 Å². The summed E-state index contributed by atoms with van der Waals surface area (Å²) in [5, 5.41) is 5.69. The number of alkyl halides is 1. The van der Waals surface area contributed by atoms with Crippen molar-refractivity contribution in [1.29, 1.82) is 0 Å². The van der Waals surface area contributed by atoms with Crippen LogP contribution in [0.15, 0.2) is 42.6 Å². The monoisotopic (exact) mass is 568 g/mol. The first-order chi connectivity index (χ1) is 20.4. The van der Waals surface area contributed by atoms with Gasteiger partial charge in [0.1, 0.15) is 29.8 Å². The van der Waals surface area contributed by atoms with Crippen LogP contribution in [0, 0.1) is 18.2 Å². The van der Waals surface area contributed by atoms with Crippen LogP contribution in [0.5, 0.6) is 6.01 Å². The Hall–Kier alpha value is -3.87. The van der Waals surface area contributed by atoms with Gasteiger partial charge in [-0.15, -0.1) is 6.42 Å². The fourth-order valence-electron chi connectivity index (χ4n) is 7.12. The molecule has 9 heteroatoms. The van der Waals surface area contributed by atoms with E-state index in [2.05, 4.69) is 44.9 Å². The molecule has 0 bridgehead atoms. The molecule has 0 spiro atoms. The van der Waals surface area contributed by atoms with Crippen molar-refractivity contribution < 1.29 is 13.5 Å². The van der Waals surface area contributed by atoms with Crippen LogP contribution in [-0.4, -0.2) is 76.4 Å². The smallest absolute Gasteiger partial charge is 0.319 e. The molecule has 4 aromatic rings. The molecule has 3 fully saturated rings. The first kappa shape index (κ1) is 27.0. The molecule has 216 valence electrons. The molecule has 4 atom stereocenters. The second kappa shape index (κ2) is 10.4.